The molecule has 0 aliphatic carbocycles. The van der Waals surface area contributed by atoms with Crippen LogP contribution in [0.4, 0.5) is 4.79 Å². The molecule has 12 heteroatoms. The minimum Gasteiger partial charge on any atom is -0.469 e. The first-order valence-corrected chi connectivity index (χ1v) is 16.2. The number of esters is 1. The zero-order chi connectivity index (χ0) is 27.6. The number of carbonyl (C=O) groups excluding carboxylic acids is 4. The molecule has 0 aromatic carbocycles. The summed E-state index contributed by atoms with van der Waals surface area (Å²) >= 11 is 4.91. The number of alkyl carbamates (subject to hydrolysis) is 1. The summed E-state index contributed by atoms with van der Waals surface area (Å²) in [6, 6.07) is -1.05. The normalized spacial score (nSPS) is 13.8. The molecule has 0 rings (SSSR count). The van der Waals surface area contributed by atoms with Crippen LogP contribution in [0, 0.1) is 0 Å². The number of rotatable bonds is 18. The Morgan fingerprint density at radius 3 is 1.44 bits per heavy atom. The first-order chi connectivity index (χ1) is 16.9. The summed E-state index contributed by atoms with van der Waals surface area (Å²) in [5, 5.41) is 8.70. The van der Waals surface area contributed by atoms with Gasteiger partial charge in [0.15, 0.2) is 0 Å². The van der Waals surface area contributed by atoms with Gasteiger partial charge in [-0.1, -0.05) is 0 Å². The Morgan fingerprint density at radius 1 is 0.694 bits per heavy atom. The molecule has 9 nitrogen and oxygen atoms in total. The molecule has 0 heterocycles. The van der Waals surface area contributed by atoms with E-state index in [1.807, 2.05) is 18.8 Å². The van der Waals surface area contributed by atoms with Crippen LogP contribution in [-0.2, 0) is 23.9 Å². The standard InChI is InChI=1S/C24H45N3O6S3/c1-24(2,3)33-23(31)27-18(9-12-35-6)15-21(29)25-17(8-11-34-5)14-20(28)26-19(10-13-36-7)16-22(30)32-4/h17-19H,8-16H2,1-7H3,(H,25,29)(H,26,28)(H,27,31)/t17-,18-,19-/m0/s1. The van der Waals surface area contributed by atoms with E-state index in [1.165, 1.54) is 7.11 Å². The predicted molar refractivity (Wildman–Crippen MR) is 152 cm³/mol. The molecular formula is C24H45N3O6S3. The van der Waals surface area contributed by atoms with Gasteiger partial charge in [0.05, 0.1) is 13.5 Å². The van der Waals surface area contributed by atoms with E-state index < -0.39 is 11.7 Å². The molecule has 3 amide bonds. The van der Waals surface area contributed by atoms with Gasteiger partial charge in [-0.25, -0.2) is 4.79 Å². The van der Waals surface area contributed by atoms with Crippen molar-refractivity contribution < 1.29 is 28.7 Å². The highest BCUT2D eigenvalue weighted by Gasteiger charge is 2.24. The average molecular weight is 568 g/mol. The Balaban J connectivity index is 5.11. The summed E-state index contributed by atoms with van der Waals surface area (Å²) in [7, 11) is 1.33. The number of carbonyl (C=O) groups is 4. The second-order valence-electron chi connectivity index (χ2n) is 9.40. The summed E-state index contributed by atoms with van der Waals surface area (Å²) < 4.78 is 10.1. The van der Waals surface area contributed by atoms with Gasteiger partial charge in [-0.15, -0.1) is 0 Å². The van der Waals surface area contributed by atoms with Crippen molar-refractivity contribution >= 4 is 59.2 Å². The number of hydrogen-bond donors (Lipinski definition) is 3. The Kier molecular flexibility index (Phi) is 19.1. The molecule has 0 radical (unpaired) electrons. The average Bonchev–Trinajstić information content (AvgIpc) is 2.77. The SMILES string of the molecule is COC(=O)C[C@H](CCSC)NC(=O)C[C@H](CCSC)NC(=O)C[C@H](CCSC)NC(=O)OC(C)(C)C. The first-order valence-electron chi connectivity index (χ1n) is 12.1. The van der Waals surface area contributed by atoms with Crippen molar-refractivity contribution in [2.24, 2.45) is 0 Å². The number of methoxy groups -OCH3 is 1. The highest BCUT2D eigenvalue weighted by atomic mass is 32.2. The topological polar surface area (TPSA) is 123 Å². The predicted octanol–water partition coefficient (Wildman–Crippen LogP) is 3.45. The van der Waals surface area contributed by atoms with Crippen molar-refractivity contribution in [3.8, 4) is 0 Å². The lowest BCUT2D eigenvalue weighted by Gasteiger charge is -2.25. The van der Waals surface area contributed by atoms with E-state index in [2.05, 4.69) is 16.0 Å². The highest BCUT2D eigenvalue weighted by molar-refractivity contribution is 7.98. The van der Waals surface area contributed by atoms with E-state index >= 15 is 0 Å². The first kappa shape index (κ1) is 34.7. The maximum atomic E-state index is 12.9. The van der Waals surface area contributed by atoms with Crippen molar-refractivity contribution in [2.75, 3.05) is 43.1 Å². The molecule has 210 valence electrons. The molecule has 0 fully saturated rings. The lowest BCUT2D eigenvalue weighted by Crippen LogP contribution is -2.46. The zero-order valence-electron chi connectivity index (χ0n) is 22.8. The van der Waals surface area contributed by atoms with E-state index in [0.29, 0.717) is 19.3 Å². The van der Waals surface area contributed by atoms with Crippen LogP contribution in [-0.4, -0.2) is 90.7 Å². The number of nitrogens with one attached hydrogen (secondary N) is 3. The zero-order valence-corrected chi connectivity index (χ0v) is 25.2. The molecule has 0 aromatic heterocycles. The third-order valence-corrected chi connectivity index (χ3v) is 6.90. The summed E-state index contributed by atoms with van der Waals surface area (Å²) in [6.45, 7) is 5.36. The third kappa shape index (κ3) is 18.9. The molecule has 0 saturated carbocycles. The maximum Gasteiger partial charge on any atom is 0.407 e. The fraction of sp³-hybridized carbons (Fsp3) is 0.833. The van der Waals surface area contributed by atoms with Crippen molar-refractivity contribution in [3.63, 3.8) is 0 Å². The Labute approximate surface area is 229 Å². The minimum atomic E-state index is -0.631. The fourth-order valence-electron chi connectivity index (χ4n) is 3.24. The number of hydrogen-bond acceptors (Lipinski definition) is 9. The molecule has 0 unspecified atom stereocenters. The summed E-state index contributed by atoms with van der Waals surface area (Å²) in [5.41, 5.74) is -0.631. The van der Waals surface area contributed by atoms with Crippen LogP contribution in [0.3, 0.4) is 0 Å². The van der Waals surface area contributed by atoms with Gasteiger partial charge in [0.25, 0.3) is 0 Å². The van der Waals surface area contributed by atoms with E-state index in [9.17, 15) is 19.2 Å². The fourth-order valence-corrected chi connectivity index (χ4v) is 4.80. The molecule has 3 atom stereocenters. The van der Waals surface area contributed by atoms with Crippen molar-refractivity contribution in [1.82, 2.24) is 16.0 Å². The van der Waals surface area contributed by atoms with Crippen LogP contribution in [0.25, 0.3) is 0 Å². The second kappa shape index (κ2) is 19.8. The van der Waals surface area contributed by atoms with Crippen LogP contribution < -0.4 is 16.0 Å². The minimum absolute atomic E-state index is 0.0931. The largest absolute Gasteiger partial charge is 0.469 e. The van der Waals surface area contributed by atoms with Crippen LogP contribution >= 0.6 is 35.3 Å². The number of amides is 3. The van der Waals surface area contributed by atoms with Gasteiger partial charge in [-0.3, -0.25) is 14.4 Å². The van der Waals surface area contributed by atoms with Crippen LogP contribution in [0.15, 0.2) is 0 Å². The van der Waals surface area contributed by atoms with Gasteiger partial charge in [0.1, 0.15) is 5.60 Å². The van der Waals surface area contributed by atoms with E-state index in [1.54, 1.807) is 56.1 Å². The van der Waals surface area contributed by atoms with Crippen LogP contribution in [0.2, 0.25) is 0 Å². The lowest BCUT2D eigenvalue weighted by atomic mass is 10.1. The Morgan fingerprint density at radius 2 is 1.08 bits per heavy atom. The van der Waals surface area contributed by atoms with Crippen molar-refractivity contribution in [1.29, 1.82) is 0 Å². The molecule has 36 heavy (non-hydrogen) atoms. The quantitative estimate of drug-likeness (QED) is 0.214. The Hall–Kier alpha value is -1.27. The number of ether oxygens (including phenoxy) is 2. The molecule has 0 aromatic rings. The van der Waals surface area contributed by atoms with Gasteiger partial charge in [0.2, 0.25) is 11.8 Å². The summed E-state index contributed by atoms with van der Waals surface area (Å²) in [4.78, 5) is 49.6. The van der Waals surface area contributed by atoms with Gasteiger partial charge >= 0.3 is 12.1 Å². The van der Waals surface area contributed by atoms with E-state index in [0.717, 1.165) is 17.3 Å². The van der Waals surface area contributed by atoms with Crippen LogP contribution in [0.1, 0.15) is 59.3 Å². The number of thioether (sulfide) groups is 3. The summed E-state index contributed by atoms with van der Waals surface area (Å²) in [6.07, 6.45) is 7.56. The van der Waals surface area contributed by atoms with Crippen molar-refractivity contribution in [2.45, 2.75) is 83.0 Å². The lowest BCUT2D eigenvalue weighted by molar-refractivity contribution is -0.141. The smallest absolute Gasteiger partial charge is 0.407 e. The molecule has 0 bridgehead atoms. The summed E-state index contributed by atoms with van der Waals surface area (Å²) in [5.74, 6) is 1.54. The van der Waals surface area contributed by atoms with Crippen LogP contribution in [0.5, 0.6) is 0 Å². The third-order valence-electron chi connectivity index (χ3n) is 4.97. The van der Waals surface area contributed by atoms with E-state index in [4.69, 9.17) is 9.47 Å². The van der Waals surface area contributed by atoms with Gasteiger partial charge in [-0.05, 0) is 76.1 Å². The molecule has 0 aliphatic heterocycles. The molecule has 0 spiro atoms. The van der Waals surface area contributed by atoms with Gasteiger partial charge in [-0.2, -0.15) is 35.3 Å². The van der Waals surface area contributed by atoms with E-state index in [-0.39, 0.29) is 55.2 Å². The molecule has 0 saturated heterocycles. The molecule has 0 aliphatic rings. The highest BCUT2D eigenvalue weighted by Crippen LogP contribution is 2.12. The molecular weight excluding hydrogens is 522 g/mol. The van der Waals surface area contributed by atoms with Crippen molar-refractivity contribution in [3.05, 3.63) is 0 Å². The van der Waals surface area contributed by atoms with Gasteiger partial charge in [0, 0.05) is 31.0 Å². The maximum absolute atomic E-state index is 12.9. The second-order valence-corrected chi connectivity index (χ2v) is 12.4. The molecule has 3 N–H and O–H groups in total. The monoisotopic (exact) mass is 567 g/mol. The Bertz CT molecular complexity index is 676. The van der Waals surface area contributed by atoms with Gasteiger partial charge < -0.3 is 25.4 Å².